The maximum absolute atomic E-state index is 5.60. The number of nitrogens with zero attached hydrogens (tertiary/aromatic N) is 7. The maximum Gasteiger partial charge on any atom is 0.225 e. The van der Waals surface area contributed by atoms with Crippen LogP contribution in [0.5, 0.6) is 0 Å². The van der Waals surface area contributed by atoms with Gasteiger partial charge in [-0.1, -0.05) is 0 Å². The molecule has 10 heteroatoms. The van der Waals surface area contributed by atoms with Gasteiger partial charge in [-0.05, 0) is 79.8 Å². The second-order valence-corrected chi connectivity index (χ2v) is 10.8. The Morgan fingerprint density at radius 3 is 2.49 bits per heavy atom. The van der Waals surface area contributed by atoms with Crippen LogP contribution in [0.4, 0.5) is 11.6 Å². The molecule has 3 aromatic rings. The van der Waals surface area contributed by atoms with Crippen molar-refractivity contribution in [3.63, 3.8) is 0 Å². The Hall–Kier alpha value is -3.08. The molecule has 6 heterocycles. The van der Waals surface area contributed by atoms with Crippen LogP contribution in [0.2, 0.25) is 0 Å². The van der Waals surface area contributed by atoms with Gasteiger partial charge >= 0.3 is 0 Å². The first-order valence-electron chi connectivity index (χ1n) is 13.3. The second-order valence-electron chi connectivity index (χ2n) is 10.4. The summed E-state index contributed by atoms with van der Waals surface area (Å²) in [6.07, 6.45) is 9.96. The first kappa shape index (κ1) is 24.3. The number of hydrogen-bond acceptors (Lipinski definition) is 7. The van der Waals surface area contributed by atoms with Gasteiger partial charge < -0.3 is 15.5 Å². The Bertz CT molecular complexity index is 1150. The van der Waals surface area contributed by atoms with Gasteiger partial charge in [0, 0.05) is 82.3 Å². The average molecular weight is 518 g/mol. The predicted octanol–water partition coefficient (Wildman–Crippen LogP) is 2.48. The lowest BCUT2D eigenvalue weighted by atomic mass is 9.75. The molecule has 4 atom stereocenters. The highest BCUT2D eigenvalue weighted by Crippen LogP contribution is 2.36. The first-order valence-corrected chi connectivity index (χ1v) is 13.8. The number of piperazine rings is 1. The van der Waals surface area contributed by atoms with E-state index in [1.807, 2.05) is 59.7 Å². The fourth-order valence-electron chi connectivity index (χ4n) is 6.09. The summed E-state index contributed by atoms with van der Waals surface area (Å²) in [6, 6.07) is 12.5. The van der Waals surface area contributed by atoms with Gasteiger partial charge in [-0.2, -0.15) is 5.10 Å². The number of aromatic nitrogens is 4. The Labute approximate surface area is 223 Å². The van der Waals surface area contributed by atoms with Crippen molar-refractivity contribution in [2.75, 3.05) is 62.6 Å². The lowest BCUT2D eigenvalue weighted by molar-refractivity contribution is -0.0110. The number of benzene rings is 1. The third kappa shape index (κ3) is 5.76. The van der Waals surface area contributed by atoms with Crippen LogP contribution in [0.15, 0.2) is 61.2 Å². The summed E-state index contributed by atoms with van der Waals surface area (Å²) >= 11 is 5.60. The summed E-state index contributed by atoms with van der Waals surface area (Å²) in [5.74, 6) is 2.44. The average Bonchev–Trinajstić information content (AvgIpc) is 3.49. The SMILES string of the molecule is S=C(NC[C@H]1C[C@@H]2CCN1C[C@H]2CN1CCN(c2ncccn2)CC1)Nc1ccc(-n2cccn2)cc1. The van der Waals surface area contributed by atoms with Crippen LogP contribution in [-0.2, 0) is 0 Å². The molecule has 0 spiro atoms. The van der Waals surface area contributed by atoms with E-state index in [0.29, 0.717) is 11.2 Å². The minimum Gasteiger partial charge on any atom is -0.361 e. The highest BCUT2D eigenvalue weighted by Gasteiger charge is 2.40. The molecule has 1 aromatic carbocycles. The molecule has 1 unspecified atom stereocenters. The fourth-order valence-corrected chi connectivity index (χ4v) is 6.29. The zero-order valence-electron chi connectivity index (χ0n) is 21.1. The predicted molar refractivity (Wildman–Crippen MR) is 150 cm³/mol. The number of rotatable bonds is 7. The first-order chi connectivity index (χ1) is 18.2. The fraction of sp³-hybridized carbons (Fsp3) is 0.481. The smallest absolute Gasteiger partial charge is 0.225 e. The van der Waals surface area contributed by atoms with Gasteiger partial charge in [0.25, 0.3) is 0 Å². The molecule has 37 heavy (non-hydrogen) atoms. The highest BCUT2D eigenvalue weighted by molar-refractivity contribution is 7.80. The van der Waals surface area contributed by atoms with Crippen molar-refractivity contribution in [3.8, 4) is 5.69 Å². The standard InChI is InChI=1S/C27H35N9S/c37-27(32-23-3-5-24(6-4-23)36-11-2-10-31-36)30-18-25-17-21-7-12-35(25)20-22(21)19-33-13-15-34(16-14-33)26-28-8-1-9-29-26/h1-6,8-11,21-22,25H,7,12-20H2,(H2,30,32,37)/t21-,22+,25+/m0/s1. The quantitative estimate of drug-likeness (QED) is 0.460. The minimum absolute atomic E-state index is 0.559. The molecule has 4 saturated heterocycles. The summed E-state index contributed by atoms with van der Waals surface area (Å²) in [4.78, 5) is 16.5. The summed E-state index contributed by atoms with van der Waals surface area (Å²) in [6.45, 7) is 8.72. The Balaban J connectivity index is 0.939. The van der Waals surface area contributed by atoms with Crippen LogP contribution in [0.3, 0.4) is 0 Å². The molecule has 0 aliphatic carbocycles. The number of nitrogens with one attached hydrogen (secondary N) is 2. The number of fused-ring (bicyclic) bond motifs is 3. The molecule has 4 aliphatic rings. The summed E-state index contributed by atoms with van der Waals surface area (Å²) in [7, 11) is 0. The number of piperidine rings is 3. The lowest BCUT2D eigenvalue weighted by Gasteiger charge is -2.51. The van der Waals surface area contributed by atoms with E-state index in [9.17, 15) is 0 Å². The van der Waals surface area contributed by atoms with E-state index in [1.165, 1.54) is 32.5 Å². The van der Waals surface area contributed by atoms with Crippen LogP contribution >= 0.6 is 12.2 Å². The van der Waals surface area contributed by atoms with Crippen molar-refractivity contribution in [1.82, 2.24) is 34.9 Å². The summed E-state index contributed by atoms with van der Waals surface area (Å²) < 4.78 is 1.85. The van der Waals surface area contributed by atoms with Crippen molar-refractivity contribution in [1.29, 1.82) is 0 Å². The molecule has 2 N–H and O–H groups in total. The van der Waals surface area contributed by atoms with Gasteiger partial charge in [-0.15, -0.1) is 0 Å². The molecule has 0 saturated carbocycles. The zero-order chi connectivity index (χ0) is 25.0. The highest BCUT2D eigenvalue weighted by atomic mass is 32.1. The number of hydrogen-bond donors (Lipinski definition) is 2. The third-order valence-electron chi connectivity index (χ3n) is 8.11. The van der Waals surface area contributed by atoms with Crippen molar-refractivity contribution >= 4 is 29.0 Å². The van der Waals surface area contributed by atoms with Crippen molar-refractivity contribution in [3.05, 3.63) is 61.2 Å². The van der Waals surface area contributed by atoms with Gasteiger partial charge in [0.2, 0.25) is 5.95 Å². The molecular formula is C27H35N9S. The van der Waals surface area contributed by atoms with Crippen molar-refractivity contribution in [2.24, 2.45) is 11.8 Å². The van der Waals surface area contributed by atoms with E-state index in [-0.39, 0.29) is 0 Å². The molecule has 2 aromatic heterocycles. The van der Waals surface area contributed by atoms with Crippen LogP contribution in [-0.4, -0.2) is 93.1 Å². The Morgan fingerprint density at radius 1 is 0.973 bits per heavy atom. The monoisotopic (exact) mass is 517 g/mol. The van der Waals surface area contributed by atoms with E-state index in [1.54, 1.807) is 6.20 Å². The maximum atomic E-state index is 5.60. The molecular weight excluding hydrogens is 482 g/mol. The Morgan fingerprint density at radius 2 is 1.78 bits per heavy atom. The van der Waals surface area contributed by atoms with Crippen molar-refractivity contribution in [2.45, 2.75) is 18.9 Å². The molecule has 0 amide bonds. The van der Waals surface area contributed by atoms with Crippen LogP contribution < -0.4 is 15.5 Å². The van der Waals surface area contributed by atoms with Gasteiger partial charge in [0.1, 0.15) is 0 Å². The van der Waals surface area contributed by atoms with Crippen molar-refractivity contribution < 1.29 is 0 Å². The minimum atomic E-state index is 0.559. The number of anilines is 2. The van der Waals surface area contributed by atoms with E-state index < -0.39 is 0 Å². The van der Waals surface area contributed by atoms with E-state index in [0.717, 1.165) is 61.9 Å². The van der Waals surface area contributed by atoms with Crippen LogP contribution in [0.1, 0.15) is 12.8 Å². The second kappa shape index (κ2) is 11.1. The summed E-state index contributed by atoms with van der Waals surface area (Å²) in [5, 5.41) is 11.8. The van der Waals surface area contributed by atoms with E-state index >= 15 is 0 Å². The summed E-state index contributed by atoms with van der Waals surface area (Å²) in [5.41, 5.74) is 2.01. The van der Waals surface area contributed by atoms with Gasteiger partial charge in [-0.25, -0.2) is 14.6 Å². The van der Waals surface area contributed by atoms with E-state index in [2.05, 4.69) is 40.4 Å². The molecule has 9 nitrogen and oxygen atoms in total. The molecule has 4 fully saturated rings. The molecule has 194 valence electrons. The van der Waals surface area contributed by atoms with Gasteiger partial charge in [0.05, 0.1) is 5.69 Å². The zero-order valence-corrected chi connectivity index (χ0v) is 21.9. The van der Waals surface area contributed by atoms with E-state index in [4.69, 9.17) is 12.2 Å². The largest absolute Gasteiger partial charge is 0.361 e. The molecule has 4 aliphatic heterocycles. The molecule has 0 radical (unpaired) electrons. The van der Waals surface area contributed by atoms with Crippen LogP contribution in [0, 0.1) is 11.8 Å². The van der Waals surface area contributed by atoms with Gasteiger partial charge in [-0.3, -0.25) is 9.80 Å². The topological polar surface area (TPSA) is 77.4 Å². The molecule has 7 rings (SSSR count). The normalized spacial score (nSPS) is 25.7. The lowest BCUT2D eigenvalue weighted by Crippen LogP contribution is -2.59. The number of thiocarbonyl (C=S) groups is 1. The molecule has 2 bridgehead atoms. The Kier molecular flexibility index (Phi) is 7.29. The third-order valence-corrected chi connectivity index (χ3v) is 8.35. The van der Waals surface area contributed by atoms with Crippen LogP contribution in [0.25, 0.3) is 5.69 Å². The van der Waals surface area contributed by atoms with Gasteiger partial charge in [0.15, 0.2) is 5.11 Å².